The van der Waals surface area contributed by atoms with Gasteiger partial charge in [-0.05, 0) is 42.3 Å². The van der Waals surface area contributed by atoms with Crippen LogP contribution in [0.2, 0.25) is 0 Å². The van der Waals surface area contributed by atoms with E-state index in [0.29, 0.717) is 6.54 Å². The van der Waals surface area contributed by atoms with Crippen molar-refractivity contribution in [3.8, 4) is 0 Å². The van der Waals surface area contributed by atoms with Crippen LogP contribution in [0, 0.1) is 0 Å². The van der Waals surface area contributed by atoms with Gasteiger partial charge >= 0.3 is 0 Å². The lowest BCUT2D eigenvalue weighted by Gasteiger charge is -2.09. The van der Waals surface area contributed by atoms with Crippen LogP contribution in [0.25, 0.3) is 0 Å². The van der Waals surface area contributed by atoms with E-state index in [1.54, 1.807) is 11.8 Å². The smallest absolute Gasteiger partial charge is 0.196 e. The van der Waals surface area contributed by atoms with Gasteiger partial charge in [-0.15, -0.1) is 10.2 Å². The fourth-order valence-electron chi connectivity index (χ4n) is 2.42. The molecule has 0 atom stereocenters. The zero-order valence-corrected chi connectivity index (χ0v) is 13.6. The monoisotopic (exact) mass is 352 g/mol. The van der Waals surface area contributed by atoms with Crippen LogP contribution in [0.15, 0.2) is 32.7 Å². The lowest BCUT2D eigenvalue weighted by Crippen LogP contribution is -2.03. The zero-order chi connectivity index (χ0) is 13.9. The standard InChI is InChI=1S/C14H17BrN4S/c15-11-6-5-10(9-16)12(8-11)20-14-18-17-13-4-2-1-3-7-19(13)14/h5-6,8H,1-4,7,9,16H2. The Kier molecular flexibility index (Phi) is 4.43. The van der Waals surface area contributed by atoms with E-state index in [1.165, 1.54) is 19.3 Å². The number of halogens is 1. The van der Waals surface area contributed by atoms with Gasteiger partial charge in [0.15, 0.2) is 5.16 Å². The molecule has 3 rings (SSSR count). The van der Waals surface area contributed by atoms with Crippen molar-refractivity contribution in [3.05, 3.63) is 34.1 Å². The Morgan fingerprint density at radius 1 is 1.25 bits per heavy atom. The Labute approximate surface area is 131 Å². The van der Waals surface area contributed by atoms with Crippen molar-refractivity contribution in [1.82, 2.24) is 14.8 Å². The molecule has 4 nitrogen and oxygen atoms in total. The van der Waals surface area contributed by atoms with E-state index in [9.17, 15) is 0 Å². The molecule has 0 saturated carbocycles. The first-order valence-electron chi connectivity index (χ1n) is 6.86. The topological polar surface area (TPSA) is 56.7 Å². The second-order valence-corrected chi connectivity index (χ2v) is 6.84. The molecule has 0 bridgehead atoms. The molecule has 1 aromatic heterocycles. The minimum absolute atomic E-state index is 0.538. The summed E-state index contributed by atoms with van der Waals surface area (Å²) in [5.74, 6) is 1.12. The molecule has 2 aromatic rings. The van der Waals surface area contributed by atoms with Crippen molar-refractivity contribution in [1.29, 1.82) is 0 Å². The van der Waals surface area contributed by atoms with Crippen molar-refractivity contribution < 1.29 is 0 Å². The molecule has 0 amide bonds. The van der Waals surface area contributed by atoms with Crippen LogP contribution in [0.1, 0.15) is 30.7 Å². The van der Waals surface area contributed by atoms with Gasteiger partial charge in [-0.1, -0.05) is 28.4 Å². The number of aromatic nitrogens is 3. The molecular formula is C14H17BrN4S. The summed E-state index contributed by atoms with van der Waals surface area (Å²) in [4.78, 5) is 1.15. The summed E-state index contributed by atoms with van der Waals surface area (Å²) < 4.78 is 3.33. The summed E-state index contributed by atoms with van der Waals surface area (Å²) >= 11 is 5.18. The molecule has 20 heavy (non-hydrogen) atoms. The summed E-state index contributed by atoms with van der Waals surface area (Å²) in [5.41, 5.74) is 6.96. The van der Waals surface area contributed by atoms with Crippen LogP contribution in [0.4, 0.5) is 0 Å². The fourth-order valence-corrected chi connectivity index (χ4v) is 3.99. The van der Waals surface area contributed by atoms with E-state index in [-0.39, 0.29) is 0 Å². The van der Waals surface area contributed by atoms with E-state index in [1.807, 2.05) is 6.07 Å². The molecule has 1 aliphatic rings. The maximum atomic E-state index is 5.82. The van der Waals surface area contributed by atoms with E-state index >= 15 is 0 Å². The van der Waals surface area contributed by atoms with Gasteiger partial charge in [0.1, 0.15) is 5.82 Å². The highest BCUT2D eigenvalue weighted by atomic mass is 79.9. The molecule has 6 heteroatoms. The lowest BCUT2D eigenvalue weighted by atomic mass is 10.2. The zero-order valence-electron chi connectivity index (χ0n) is 11.2. The second-order valence-electron chi connectivity index (χ2n) is 4.92. The van der Waals surface area contributed by atoms with E-state index < -0.39 is 0 Å². The Hall–Kier alpha value is -0.850. The Bertz CT molecular complexity index is 611. The number of nitrogens with zero attached hydrogens (tertiary/aromatic N) is 3. The summed E-state index contributed by atoms with van der Waals surface area (Å²) in [7, 11) is 0. The first-order chi connectivity index (χ1) is 9.78. The molecule has 2 N–H and O–H groups in total. The highest BCUT2D eigenvalue weighted by Crippen LogP contribution is 2.32. The van der Waals surface area contributed by atoms with Gasteiger partial charge in [-0.25, -0.2) is 0 Å². The summed E-state index contributed by atoms with van der Waals surface area (Å²) in [6, 6.07) is 6.19. The SMILES string of the molecule is NCc1ccc(Br)cc1Sc1nnc2n1CCCCC2. The molecule has 0 unspecified atom stereocenters. The molecule has 1 aliphatic heterocycles. The first-order valence-corrected chi connectivity index (χ1v) is 8.47. The van der Waals surface area contributed by atoms with Gasteiger partial charge < -0.3 is 10.3 Å². The second kappa shape index (κ2) is 6.28. The molecule has 106 valence electrons. The van der Waals surface area contributed by atoms with Gasteiger partial charge in [0.25, 0.3) is 0 Å². The Morgan fingerprint density at radius 3 is 3.00 bits per heavy atom. The van der Waals surface area contributed by atoms with Crippen LogP contribution in [-0.2, 0) is 19.5 Å². The van der Waals surface area contributed by atoms with Crippen molar-refractivity contribution in [2.45, 2.75) is 48.8 Å². The molecule has 2 heterocycles. The predicted octanol–water partition coefficient (Wildman–Crippen LogP) is 3.38. The number of nitrogens with two attached hydrogens (primary N) is 1. The van der Waals surface area contributed by atoms with Crippen LogP contribution in [0.3, 0.4) is 0 Å². The third-order valence-corrected chi connectivity index (χ3v) is 5.10. The average Bonchev–Trinajstić information content (AvgIpc) is 2.68. The Morgan fingerprint density at radius 2 is 2.15 bits per heavy atom. The highest BCUT2D eigenvalue weighted by Gasteiger charge is 2.16. The third kappa shape index (κ3) is 2.92. The molecular weight excluding hydrogens is 336 g/mol. The minimum atomic E-state index is 0.538. The molecule has 0 spiro atoms. The van der Waals surface area contributed by atoms with Crippen LogP contribution in [0.5, 0.6) is 0 Å². The lowest BCUT2D eigenvalue weighted by molar-refractivity contribution is 0.591. The highest BCUT2D eigenvalue weighted by molar-refractivity contribution is 9.10. The van der Waals surface area contributed by atoms with Gasteiger partial charge in [-0.2, -0.15) is 0 Å². The predicted molar refractivity (Wildman–Crippen MR) is 83.7 cm³/mol. The maximum absolute atomic E-state index is 5.82. The van der Waals surface area contributed by atoms with Crippen LogP contribution in [-0.4, -0.2) is 14.8 Å². The largest absolute Gasteiger partial charge is 0.326 e. The number of hydrogen-bond donors (Lipinski definition) is 1. The molecule has 1 aromatic carbocycles. The first kappa shape index (κ1) is 14.1. The number of aryl methyl sites for hydroxylation is 1. The van der Waals surface area contributed by atoms with Gasteiger partial charge in [0.2, 0.25) is 0 Å². The van der Waals surface area contributed by atoms with E-state index in [2.05, 4.69) is 42.8 Å². The third-order valence-electron chi connectivity index (χ3n) is 3.53. The maximum Gasteiger partial charge on any atom is 0.196 e. The summed E-state index contributed by atoms with van der Waals surface area (Å²) in [6.07, 6.45) is 4.74. The number of rotatable bonds is 3. The molecule has 0 aliphatic carbocycles. The summed E-state index contributed by atoms with van der Waals surface area (Å²) in [6.45, 7) is 1.56. The molecule has 0 radical (unpaired) electrons. The molecule has 0 fully saturated rings. The van der Waals surface area contributed by atoms with Crippen LogP contribution < -0.4 is 5.73 Å². The van der Waals surface area contributed by atoms with Crippen molar-refractivity contribution in [2.75, 3.05) is 0 Å². The Balaban J connectivity index is 1.92. The minimum Gasteiger partial charge on any atom is -0.326 e. The van der Waals surface area contributed by atoms with E-state index in [0.717, 1.165) is 38.9 Å². The van der Waals surface area contributed by atoms with Gasteiger partial charge in [0.05, 0.1) is 0 Å². The van der Waals surface area contributed by atoms with Gasteiger partial charge in [-0.3, -0.25) is 0 Å². The van der Waals surface area contributed by atoms with Gasteiger partial charge in [0, 0.05) is 28.9 Å². The number of hydrogen-bond acceptors (Lipinski definition) is 4. The van der Waals surface area contributed by atoms with E-state index in [4.69, 9.17) is 5.73 Å². The fraction of sp³-hybridized carbons (Fsp3) is 0.429. The van der Waals surface area contributed by atoms with Crippen LogP contribution >= 0.6 is 27.7 Å². The quantitative estimate of drug-likeness (QED) is 0.919. The average molecular weight is 353 g/mol. The van der Waals surface area contributed by atoms with Crippen molar-refractivity contribution in [3.63, 3.8) is 0 Å². The van der Waals surface area contributed by atoms with Crippen molar-refractivity contribution >= 4 is 27.7 Å². The van der Waals surface area contributed by atoms with Crippen molar-refractivity contribution in [2.24, 2.45) is 5.73 Å². The number of fused-ring (bicyclic) bond motifs is 1. The molecule has 0 saturated heterocycles. The summed E-state index contributed by atoms with van der Waals surface area (Å²) in [5, 5.41) is 9.68. The normalized spacial score (nSPS) is 14.9. The number of benzene rings is 1.